The monoisotopic (exact) mass is 453 g/mol. The van der Waals surface area contributed by atoms with Crippen molar-refractivity contribution in [1.29, 1.82) is 0 Å². The van der Waals surface area contributed by atoms with Gasteiger partial charge in [0.25, 0.3) is 0 Å². The van der Waals surface area contributed by atoms with E-state index in [1.807, 2.05) is 0 Å². The van der Waals surface area contributed by atoms with E-state index in [1.54, 1.807) is 0 Å². The summed E-state index contributed by atoms with van der Waals surface area (Å²) in [6.45, 7) is 4.46. The molecule has 0 fully saturated rings. The van der Waals surface area contributed by atoms with E-state index in [9.17, 15) is 9.90 Å². The SMILES string of the molecule is CCCCCCCC/C=C\CCCCCCCCCCCCCCN[C@H](C(=O)O)[C@@H](C)O. The minimum atomic E-state index is -0.976. The van der Waals surface area contributed by atoms with Gasteiger partial charge >= 0.3 is 5.97 Å². The minimum absolute atomic E-state index is 0.663. The van der Waals surface area contributed by atoms with Gasteiger partial charge in [-0.25, -0.2) is 0 Å². The molecule has 0 saturated heterocycles. The smallest absolute Gasteiger partial charge is 0.323 e. The van der Waals surface area contributed by atoms with Crippen LogP contribution >= 0.6 is 0 Å². The highest BCUT2D eigenvalue weighted by molar-refractivity contribution is 5.74. The number of rotatable bonds is 25. The predicted molar refractivity (Wildman–Crippen MR) is 138 cm³/mol. The van der Waals surface area contributed by atoms with Gasteiger partial charge in [0.2, 0.25) is 0 Å². The van der Waals surface area contributed by atoms with E-state index in [1.165, 1.54) is 122 Å². The van der Waals surface area contributed by atoms with Gasteiger partial charge in [-0.05, 0) is 45.6 Å². The first kappa shape index (κ1) is 31.1. The number of carboxylic acids is 1. The molecule has 4 heteroatoms. The number of allylic oxidation sites excluding steroid dienone is 2. The van der Waals surface area contributed by atoms with E-state index in [0.29, 0.717) is 6.54 Å². The first-order valence-corrected chi connectivity index (χ1v) is 13.9. The Morgan fingerprint density at radius 1 is 0.688 bits per heavy atom. The lowest BCUT2D eigenvalue weighted by Gasteiger charge is -2.16. The van der Waals surface area contributed by atoms with Crippen LogP contribution in [0.5, 0.6) is 0 Å². The van der Waals surface area contributed by atoms with Gasteiger partial charge in [-0.2, -0.15) is 0 Å². The summed E-state index contributed by atoms with van der Waals surface area (Å²) >= 11 is 0. The molecule has 0 unspecified atom stereocenters. The van der Waals surface area contributed by atoms with E-state index in [2.05, 4.69) is 24.4 Å². The second kappa shape index (κ2) is 24.8. The third-order valence-corrected chi connectivity index (χ3v) is 6.30. The van der Waals surface area contributed by atoms with Crippen molar-refractivity contribution in [3.63, 3.8) is 0 Å². The quantitative estimate of drug-likeness (QED) is 0.0974. The molecule has 0 radical (unpaired) electrons. The summed E-state index contributed by atoms with van der Waals surface area (Å²) in [4.78, 5) is 11.0. The van der Waals surface area contributed by atoms with E-state index in [4.69, 9.17) is 5.11 Å². The Morgan fingerprint density at radius 2 is 1.06 bits per heavy atom. The van der Waals surface area contributed by atoms with Crippen LogP contribution in [0.4, 0.5) is 0 Å². The molecular formula is C28H55NO3. The fraction of sp³-hybridized carbons (Fsp3) is 0.893. The van der Waals surface area contributed by atoms with Crippen molar-refractivity contribution in [3.8, 4) is 0 Å². The molecule has 0 aromatic carbocycles. The van der Waals surface area contributed by atoms with Crippen LogP contribution in [0, 0.1) is 0 Å². The molecule has 0 heterocycles. The van der Waals surface area contributed by atoms with Crippen LogP contribution in [0.1, 0.15) is 142 Å². The summed E-state index contributed by atoms with van der Waals surface area (Å²) in [6, 6.07) is -0.846. The molecule has 0 aromatic heterocycles. The van der Waals surface area contributed by atoms with Gasteiger partial charge in [-0.15, -0.1) is 0 Å². The summed E-state index contributed by atoms with van der Waals surface area (Å²) < 4.78 is 0. The van der Waals surface area contributed by atoms with Crippen LogP contribution in [-0.4, -0.2) is 34.9 Å². The average molecular weight is 454 g/mol. The molecule has 3 N–H and O–H groups in total. The lowest BCUT2D eigenvalue weighted by atomic mass is 10.0. The highest BCUT2D eigenvalue weighted by atomic mass is 16.4. The Balaban J connectivity index is 3.21. The van der Waals surface area contributed by atoms with Crippen LogP contribution in [0.2, 0.25) is 0 Å². The molecule has 0 bridgehead atoms. The van der Waals surface area contributed by atoms with Gasteiger partial charge in [0, 0.05) is 0 Å². The zero-order valence-electron chi connectivity index (χ0n) is 21.5. The van der Waals surface area contributed by atoms with Gasteiger partial charge in [0.1, 0.15) is 6.04 Å². The molecule has 0 aliphatic heterocycles. The molecule has 0 aliphatic rings. The van der Waals surface area contributed by atoms with Gasteiger partial charge in [0.05, 0.1) is 6.10 Å². The first-order chi connectivity index (χ1) is 15.6. The number of aliphatic carboxylic acids is 1. The number of carbonyl (C=O) groups is 1. The van der Waals surface area contributed by atoms with Crippen molar-refractivity contribution in [2.45, 2.75) is 154 Å². The number of aliphatic hydroxyl groups is 1. The Hall–Kier alpha value is -0.870. The van der Waals surface area contributed by atoms with Gasteiger partial charge in [0.15, 0.2) is 0 Å². The van der Waals surface area contributed by atoms with Crippen molar-refractivity contribution in [1.82, 2.24) is 5.32 Å². The maximum atomic E-state index is 11.0. The van der Waals surface area contributed by atoms with Gasteiger partial charge < -0.3 is 15.5 Å². The second-order valence-corrected chi connectivity index (χ2v) is 9.57. The molecule has 0 amide bonds. The predicted octanol–water partition coefficient (Wildman–Crippen LogP) is 7.79. The maximum Gasteiger partial charge on any atom is 0.323 e. The zero-order chi connectivity index (χ0) is 23.7. The summed E-state index contributed by atoms with van der Waals surface area (Å²) in [6.07, 6.45) is 30.4. The molecule has 0 aliphatic carbocycles. The molecule has 32 heavy (non-hydrogen) atoms. The fourth-order valence-electron chi connectivity index (χ4n) is 4.15. The zero-order valence-corrected chi connectivity index (χ0v) is 21.5. The van der Waals surface area contributed by atoms with E-state index >= 15 is 0 Å². The third kappa shape index (κ3) is 22.3. The van der Waals surface area contributed by atoms with Crippen LogP contribution in [-0.2, 0) is 4.79 Å². The summed E-state index contributed by atoms with van der Waals surface area (Å²) in [5, 5.41) is 21.3. The molecule has 0 rings (SSSR count). The largest absolute Gasteiger partial charge is 0.480 e. The maximum absolute atomic E-state index is 11.0. The molecule has 0 spiro atoms. The number of nitrogens with one attached hydrogen (secondary N) is 1. The minimum Gasteiger partial charge on any atom is -0.480 e. The van der Waals surface area contributed by atoms with Crippen molar-refractivity contribution in [2.24, 2.45) is 0 Å². The Labute approximate surface area is 199 Å². The first-order valence-electron chi connectivity index (χ1n) is 13.9. The number of hydrogen-bond acceptors (Lipinski definition) is 3. The standard InChI is InChI=1S/C28H55NO3/c1-3-4-5-6-7-8-9-10-11-12-13-14-15-16-17-18-19-20-21-22-23-24-25-29-27(26(2)30)28(31)32/h10-11,26-27,29-30H,3-9,12-25H2,1-2H3,(H,31,32)/b11-10-/t26-,27+/m1/s1. The molecule has 0 aromatic rings. The summed E-state index contributed by atoms with van der Waals surface area (Å²) in [7, 11) is 0. The Bertz CT molecular complexity index is 423. The van der Waals surface area contributed by atoms with Crippen LogP contribution in [0.15, 0.2) is 12.2 Å². The third-order valence-electron chi connectivity index (χ3n) is 6.30. The highest BCUT2D eigenvalue weighted by Crippen LogP contribution is 2.13. The molecular weight excluding hydrogens is 398 g/mol. The van der Waals surface area contributed by atoms with Crippen LogP contribution < -0.4 is 5.32 Å². The summed E-state index contributed by atoms with van der Waals surface area (Å²) in [5.41, 5.74) is 0. The van der Waals surface area contributed by atoms with Crippen molar-refractivity contribution >= 4 is 5.97 Å². The van der Waals surface area contributed by atoms with Gasteiger partial charge in [-0.3, -0.25) is 4.79 Å². The van der Waals surface area contributed by atoms with E-state index in [-0.39, 0.29) is 0 Å². The lowest BCUT2D eigenvalue weighted by Crippen LogP contribution is -2.45. The second-order valence-electron chi connectivity index (χ2n) is 9.57. The number of unbranched alkanes of at least 4 members (excludes halogenated alkanes) is 18. The summed E-state index contributed by atoms with van der Waals surface area (Å²) in [5.74, 6) is -0.976. The molecule has 2 atom stereocenters. The Morgan fingerprint density at radius 3 is 1.44 bits per heavy atom. The van der Waals surface area contributed by atoms with E-state index in [0.717, 1.165) is 12.8 Å². The fourth-order valence-corrected chi connectivity index (χ4v) is 4.15. The van der Waals surface area contributed by atoms with Crippen molar-refractivity contribution in [3.05, 3.63) is 12.2 Å². The molecule has 4 nitrogen and oxygen atoms in total. The Kier molecular flexibility index (Phi) is 24.1. The highest BCUT2D eigenvalue weighted by Gasteiger charge is 2.21. The average Bonchev–Trinajstić information content (AvgIpc) is 2.76. The van der Waals surface area contributed by atoms with Crippen molar-refractivity contribution in [2.75, 3.05) is 6.54 Å². The lowest BCUT2D eigenvalue weighted by molar-refractivity contribution is -0.142. The van der Waals surface area contributed by atoms with Gasteiger partial charge in [-0.1, -0.05) is 115 Å². The number of hydrogen-bond donors (Lipinski definition) is 3. The number of carboxylic acid groups (broad SMARTS) is 1. The van der Waals surface area contributed by atoms with Crippen molar-refractivity contribution < 1.29 is 15.0 Å². The van der Waals surface area contributed by atoms with Crippen LogP contribution in [0.25, 0.3) is 0 Å². The van der Waals surface area contributed by atoms with E-state index < -0.39 is 18.1 Å². The number of aliphatic hydroxyl groups excluding tert-OH is 1. The molecule has 190 valence electrons. The normalized spacial score (nSPS) is 13.6. The topological polar surface area (TPSA) is 69.6 Å². The molecule has 0 saturated carbocycles. The van der Waals surface area contributed by atoms with Crippen LogP contribution in [0.3, 0.4) is 0 Å².